The summed E-state index contributed by atoms with van der Waals surface area (Å²) in [7, 11) is -3.28. The van der Waals surface area contributed by atoms with Crippen molar-refractivity contribution < 1.29 is 13.2 Å². The topological polar surface area (TPSA) is 71.4 Å². The van der Waals surface area contributed by atoms with Gasteiger partial charge in [-0.1, -0.05) is 13.8 Å². The van der Waals surface area contributed by atoms with Crippen molar-refractivity contribution in [2.45, 2.75) is 26.3 Å². The van der Waals surface area contributed by atoms with Crippen LogP contribution in [0, 0.1) is 5.92 Å². The first kappa shape index (κ1) is 19.3. The average molecular weight is 374 g/mol. The molecule has 1 aliphatic heterocycles. The van der Waals surface area contributed by atoms with Gasteiger partial charge in [0.25, 0.3) is 0 Å². The number of rotatable bonds is 8. The summed E-state index contributed by atoms with van der Waals surface area (Å²) in [5.74, 6) is 1.90. The van der Waals surface area contributed by atoms with Crippen molar-refractivity contribution >= 4 is 27.7 Å². The Balaban J connectivity index is 1.88. The Hall–Kier alpha value is -0.990. The molecule has 1 N–H and O–H groups in total. The van der Waals surface area contributed by atoms with Crippen molar-refractivity contribution in [1.82, 2.24) is 14.2 Å². The Bertz CT molecular complexity index is 609. The zero-order valence-electron chi connectivity index (χ0n) is 14.3. The van der Waals surface area contributed by atoms with Crippen molar-refractivity contribution in [2.75, 3.05) is 36.9 Å². The van der Waals surface area contributed by atoms with Crippen molar-refractivity contribution in [3.05, 3.63) is 24.5 Å². The molecule has 0 spiro atoms. The van der Waals surface area contributed by atoms with Crippen LogP contribution in [0.15, 0.2) is 24.5 Å². The number of amides is 1. The minimum atomic E-state index is -3.28. The number of nitrogens with zero attached hydrogens (tertiary/aromatic N) is 2. The van der Waals surface area contributed by atoms with Gasteiger partial charge in [0.05, 0.1) is 5.75 Å². The zero-order chi connectivity index (χ0) is 17.6. The summed E-state index contributed by atoms with van der Waals surface area (Å²) in [6.07, 6.45) is 4.46. The quantitative estimate of drug-likeness (QED) is 0.751. The van der Waals surface area contributed by atoms with Crippen LogP contribution in [0.25, 0.3) is 0 Å². The molecule has 0 unspecified atom stereocenters. The lowest BCUT2D eigenvalue weighted by Gasteiger charge is -2.26. The number of nitrogens with one attached hydrogen (secondary N) is 1. The van der Waals surface area contributed by atoms with Gasteiger partial charge in [0.2, 0.25) is 15.9 Å². The van der Waals surface area contributed by atoms with Crippen molar-refractivity contribution in [2.24, 2.45) is 5.92 Å². The van der Waals surface area contributed by atoms with Crippen LogP contribution in [0.1, 0.15) is 26.3 Å². The Morgan fingerprint density at radius 1 is 1.21 bits per heavy atom. The number of thioether (sulfide) groups is 1. The predicted octanol–water partition coefficient (Wildman–Crippen LogP) is 1.57. The van der Waals surface area contributed by atoms with Crippen LogP contribution >= 0.6 is 11.8 Å². The molecular formula is C16H27N3O3S2. The standard InChI is InChI=1S/C16H27N3O3S2/c1-14(2)13-15(18-6-3-4-7-18)16(20)17-5-12-24(21,22)19-8-10-23-11-9-19/h3-4,6-7,14-15H,5,8-13H2,1-2H3,(H,17,20)/t15-/m1/s1. The summed E-state index contributed by atoms with van der Waals surface area (Å²) < 4.78 is 28.0. The van der Waals surface area contributed by atoms with E-state index in [1.165, 1.54) is 4.31 Å². The van der Waals surface area contributed by atoms with Crippen LogP contribution in [0.3, 0.4) is 0 Å². The number of carbonyl (C=O) groups excluding carboxylic acids is 1. The van der Waals surface area contributed by atoms with E-state index in [2.05, 4.69) is 19.2 Å². The van der Waals surface area contributed by atoms with E-state index < -0.39 is 10.0 Å². The van der Waals surface area contributed by atoms with Crippen molar-refractivity contribution in [1.29, 1.82) is 0 Å². The zero-order valence-corrected chi connectivity index (χ0v) is 16.0. The van der Waals surface area contributed by atoms with Crippen LogP contribution in [0.2, 0.25) is 0 Å². The molecule has 2 rings (SSSR count). The highest BCUT2D eigenvalue weighted by molar-refractivity contribution is 7.99. The van der Waals surface area contributed by atoms with Gasteiger partial charge in [-0.25, -0.2) is 12.7 Å². The molecule has 136 valence electrons. The molecule has 2 heterocycles. The number of sulfonamides is 1. The van der Waals surface area contributed by atoms with Crippen LogP contribution < -0.4 is 5.32 Å². The van der Waals surface area contributed by atoms with E-state index >= 15 is 0 Å². The summed E-state index contributed by atoms with van der Waals surface area (Å²) in [5, 5.41) is 2.80. The van der Waals surface area contributed by atoms with Gasteiger partial charge in [0.15, 0.2) is 0 Å². The summed E-state index contributed by atoms with van der Waals surface area (Å²) in [6, 6.07) is 3.48. The van der Waals surface area contributed by atoms with Crippen LogP contribution in [0.5, 0.6) is 0 Å². The highest BCUT2D eigenvalue weighted by Gasteiger charge is 2.25. The summed E-state index contributed by atoms with van der Waals surface area (Å²) in [6.45, 7) is 5.44. The molecule has 8 heteroatoms. The van der Waals surface area contributed by atoms with Crippen molar-refractivity contribution in [3.8, 4) is 0 Å². The van der Waals surface area contributed by atoms with Gasteiger partial charge in [-0.3, -0.25) is 4.79 Å². The second-order valence-electron chi connectivity index (χ2n) is 6.39. The van der Waals surface area contributed by atoms with Gasteiger partial charge in [-0.2, -0.15) is 11.8 Å². The highest BCUT2D eigenvalue weighted by atomic mass is 32.2. The lowest BCUT2D eigenvalue weighted by atomic mass is 10.0. The van der Waals surface area contributed by atoms with E-state index in [1.807, 2.05) is 29.1 Å². The van der Waals surface area contributed by atoms with Crippen LogP contribution in [-0.4, -0.2) is 60.1 Å². The molecule has 0 radical (unpaired) electrons. The fraction of sp³-hybridized carbons (Fsp3) is 0.688. The van der Waals surface area contributed by atoms with Gasteiger partial charge < -0.3 is 9.88 Å². The van der Waals surface area contributed by atoms with Gasteiger partial charge in [-0.05, 0) is 24.5 Å². The SMILES string of the molecule is CC(C)C[C@H](C(=O)NCCS(=O)(=O)N1CCSCC1)n1cccc1. The molecule has 0 saturated carbocycles. The third-order valence-corrected chi connectivity index (χ3v) is 6.82. The van der Waals surface area contributed by atoms with Gasteiger partial charge in [0.1, 0.15) is 6.04 Å². The summed E-state index contributed by atoms with van der Waals surface area (Å²) >= 11 is 1.77. The van der Waals surface area contributed by atoms with Crippen LogP contribution in [0.4, 0.5) is 0 Å². The van der Waals surface area contributed by atoms with Gasteiger partial charge in [-0.15, -0.1) is 0 Å². The maximum absolute atomic E-state index is 12.5. The Kier molecular flexibility index (Phi) is 7.18. The van der Waals surface area contributed by atoms with E-state index in [0.717, 1.165) is 17.9 Å². The minimum Gasteiger partial charge on any atom is -0.353 e. The first-order valence-corrected chi connectivity index (χ1v) is 11.1. The normalized spacial score (nSPS) is 17.8. The Labute approximate surface area is 149 Å². The smallest absolute Gasteiger partial charge is 0.243 e. The fourth-order valence-corrected chi connectivity index (χ4v) is 5.23. The molecule has 1 atom stereocenters. The summed E-state index contributed by atoms with van der Waals surface area (Å²) in [5.41, 5.74) is 0. The molecule has 6 nitrogen and oxygen atoms in total. The largest absolute Gasteiger partial charge is 0.353 e. The molecule has 1 aromatic heterocycles. The molecule has 1 aromatic rings. The molecule has 1 saturated heterocycles. The predicted molar refractivity (Wildman–Crippen MR) is 98.6 cm³/mol. The first-order chi connectivity index (χ1) is 11.4. The van der Waals surface area contributed by atoms with E-state index in [4.69, 9.17) is 0 Å². The number of hydrogen-bond acceptors (Lipinski definition) is 4. The third kappa shape index (κ3) is 5.53. The van der Waals surface area contributed by atoms with Gasteiger partial charge in [0, 0.05) is 43.5 Å². The minimum absolute atomic E-state index is 0.0382. The third-order valence-electron chi connectivity index (χ3n) is 4.01. The number of hydrogen-bond donors (Lipinski definition) is 1. The van der Waals surface area contributed by atoms with Crippen molar-refractivity contribution in [3.63, 3.8) is 0 Å². The number of carbonyl (C=O) groups is 1. The molecular weight excluding hydrogens is 346 g/mol. The van der Waals surface area contributed by atoms with Crippen LogP contribution in [-0.2, 0) is 14.8 Å². The maximum atomic E-state index is 12.5. The highest BCUT2D eigenvalue weighted by Crippen LogP contribution is 2.18. The molecule has 1 aliphatic rings. The average Bonchev–Trinajstić information content (AvgIpc) is 3.07. The lowest BCUT2D eigenvalue weighted by Crippen LogP contribution is -2.42. The summed E-state index contributed by atoms with van der Waals surface area (Å²) in [4.78, 5) is 12.5. The van der Waals surface area contributed by atoms with E-state index in [-0.39, 0.29) is 24.2 Å². The molecule has 0 bridgehead atoms. The molecule has 1 amide bonds. The van der Waals surface area contributed by atoms with E-state index in [9.17, 15) is 13.2 Å². The molecule has 24 heavy (non-hydrogen) atoms. The Morgan fingerprint density at radius 3 is 2.42 bits per heavy atom. The molecule has 1 fully saturated rings. The molecule has 0 aliphatic carbocycles. The monoisotopic (exact) mass is 373 g/mol. The maximum Gasteiger partial charge on any atom is 0.243 e. The molecule has 0 aromatic carbocycles. The lowest BCUT2D eigenvalue weighted by molar-refractivity contribution is -0.124. The first-order valence-electron chi connectivity index (χ1n) is 8.36. The van der Waals surface area contributed by atoms with E-state index in [1.54, 1.807) is 11.8 Å². The fourth-order valence-electron chi connectivity index (χ4n) is 2.74. The van der Waals surface area contributed by atoms with Gasteiger partial charge >= 0.3 is 0 Å². The second-order valence-corrected chi connectivity index (χ2v) is 9.71. The second kappa shape index (κ2) is 8.92. The number of aromatic nitrogens is 1. The Morgan fingerprint density at radius 2 is 1.83 bits per heavy atom. The van der Waals surface area contributed by atoms with E-state index in [0.29, 0.717) is 19.0 Å².